The number of nitrogens with one attached hydrogen (secondary N) is 3. The third-order valence-electron chi connectivity index (χ3n) is 3.40. The zero-order chi connectivity index (χ0) is 21.4. The summed E-state index contributed by atoms with van der Waals surface area (Å²) in [5.41, 5.74) is -0.299. The van der Waals surface area contributed by atoms with Gasteiger partial charge in [0.25, 0.3) is 0 Å². The highest BCUT2D eigenvalue weighted by Crippen LogP contribution is 2.32. The fraction of sp³-hybridized carbons (Fsp3) is 0.588. The summed E-state index contributed by atoms with van der Waals surface area (Å²) in [4.78, 5) is 4.05. The molecule has 0 aromatic heterocycles. The number of hydrogen-bond donors (Lipinski definition) is 3. The van der Waals surface area contributed by atoms with Crippen molar-refractivity contribution in [2.75, 3.05) is 26.5 Å². The molecule has 0 bridgehead atoms. The van der Waals surface area contributed by atoms with Gasteiger partial charge in [0, 0.05) is 31.2 Å². The Labute approximate surface area is 187 Å². The molecule has 3 N–H and O–H groups in total. The largest absolute Gasteiger partial charge is 0.490 e. The molecule has 0 aliphatic carbocycles. The van der Waals surface area contributed by atoms with Crippen molar-refractivity contribution in [1.82, 2.24) is 15.4 Å². The molecular weight excluding hydrogens is 521 g/mol. The maximum atomic E-state index is 12.8. The molecule has 29 heavy (non-hydrogen) atoms. The molecule has 168 valence electrons. The normalized spacial score (nSPS) is 12.3. The van der Waals surface area contributed by atoms with Crippen LogP contribution < -0.4 is 24.8 Å². The first kappa shape index (κ1) is 27.6. The van der Waals surface area contributed by atoms with Gasteiger partial charge in [-0.2, -0.15) is 8.78 Å². The number of para-hydroxylation sites is 1. The summed E-state index contributed by atoms with van der Waals surface area (Å²) >= 11 is 0. The second-order valence-electron chi connectivity index (χ2n) is 6.59. The third kappa shape index (κ3) is 10.8. The van der Waals surface area contributed by atoms with Gasteiger partial charge in [-0.15, -0.1) is 24.0 Å². The van der Waals surface area contributed by atoms with Crippen LogP contribution in [0.2, 0.25) is 0 Å². The zero-order valence-electron chi connectivity index (χ0n) is 17.1. The number of sulfonamides is 1. The van der Waals surface area contributed by atoms with Crippen LogP contribution >= 0.6 is 24.0 Å². The molecule has 1 aromatic carbocycles. The number of guanidine groups is 1. The molecule has 0 fully saturated rings. The molecule has 0 heterocycles. The Morgan fingerprint density at radius 1 is 1.28 bits per heavy atom. The lowest BCUT2D eigenvalue weighted by atomic mass is 10.1. The lowest BCUT2D eigenvalue weighted by molar-refractivity contribution is -0.0520. The maximum Gasteiger partial charge on any atom is 0.387 e. The van der Waals surface area contributed by atoms with Gasteiger partial charge in [-0.25, -0.2) is 13.1 Å². The number of hydrogen-bond acceptors (Lipinski definition) is 5. The molecule has 0 saturated heterocycles. The van der Waals surface area contributed by atoms with Crippen LogP contribution in [0.15, 0.2) is 23.2 Å². The number of alkyl halides is 2. The first-order chi connectivity index (χ1) is 13.0. The fourth-order valence-electron chi connectivity index (χ4n) is 2.43. The lowest BCUT2D eigenvalue weighted by Crippen LogP contribution is -2.52. The Kier molecular flexibility index (Phi) is 11.7. The molecule has 0 unspecified atom stereocenters. The summed E-state index contributed by atoms with van der Waals surface area (Å²) in [6.07, 6.45) is 1.08. The number of nitrogens with zero attached hydrogens (tertiary/aromatic N) is 1. The number of benzene rings is 1. The van der Waals surface area contributed by atoms with Gasteiger partial charge in [-0.1, -0.05) is 12.1 Å². The number of rotatable bonds is 10. The summed E-state index contributed by atoms with van der Waals surface area (Å²) in [7, 11) is -1.83. The van der Waals surface area contributed by atoms with E-state index >= 15 is 0 Å². The van der Waals surface area contributed by atoms with Crippen molar-refractivity contribution >= 4 is 40.0 Å². The maximum absolute atomic E-state index is 12.8. The molecular formula is C17H29F2IN4O4S. The molecule has 0 aliphatic rings. The summed E-state index contributed by atoms with van der Waals surface area (Å²) in [5.74, 6) is 0.554. The van der Waals surface area contributed by atoms with E-state index in [0.29, 0.717) is 18.1 Å². The standard InChI is InChI=1S/C17H28F2N4O4S.HI/c1-6-26-13-9-7-8-12(14(13)27-15(18)19)10-21-16(20-4)22-11-17(2,3)23-28(5,24)25;/h7-9,15,23H,6,10-11H2,1-5H3,(H2,20,21,22);1H. The Balaban J connectivity index is 0.00000784. The van der Waals surface area contributed by atoms with Crippen LogP contribution in [0.5, 0.6) is 11.5 Å². The van der Waals surface area contributed by atoms with Gasteiger partial charge in [0.15, 0.2) is 17.5 Å². The van der Waals surface area contributed by atoms with E-state index in [0.717, 1.165) is 6.26 Å². The van der Waals surface area contributed by atoms with Crippen LogP contribution in [0.1, 0.15) is 26.3 Å². The van der Waals surface area contributed by atoms with Crippen LogP contribution in [0.3, 0.4) is 0 Å². The average Bonchev–Trinajstić information content (AvgIpc) is 2.55. The lowest BCUT2D eigenvalue weighted by Gasteiger charge is -2.26. The molecule has 0 aliphatic heterocycles. The van der Waals surface area contributed by atoms with Crippen LogP contribution in [0.4, 0.5) is 8.78 Å². The van der Waals surface area contributed by atoms with Gasteiger partial charge in [0.2, 0.25) is 10.0 Å². The molecule has 1 rings (SSSR count). The number of ether oxygens (including phenoxy) is 2. The zero-order valence-corrected chi connectivity index (χ0v) is 20.2. The van der Waals surface area contributed by atoms with E-state index in [1.54, 1.807) is 46.0 Å². The van der Waals surface area contributed by atoms with Gasteiger partial charge >= 0.3 is 6.61 Å². The van der Waals surface area contributed by atoms with Crippen LogP contribution in [0, 0.1) is 0 Å². The van der Waals surface area contributed by atoms with Gasteiger partial charge in [-0.3, -0.25) is 4.99 Å². The predicted molar refractivity (Wildman–Crippen MR) is 120 cm³/mol. The Hall–Kier alpha value is -1.41. The highest BCUT2D eigenvalue weighted by molar-refractivity contribution is 14.0. The van der Waals surface area contributed by atoms with E-state index < -0.39 is 22.2 Å². The smallest absolute Gasteiger partial charge is 0.387 e. The SMILES string of the molecule is CCOc1cccc(CNC(=NC)NCC(C)(C)NS(C)(=O)=O)c1OC(F)F.I. The first-order valence-electron chi connectivity index (χ1n) is 8.60. The Bertz CT molecular complexity index is 777. The number of halogens is 3. The van der Waals surface area contributed by atoms with E-state index in [1.165, 1.54) is 0 Å². The summed E-state index contributed by atoms with van der Waals surface area (Å²) in [6, 6.07) is 4.86. The van der Waals surface area contributed by atoms with Gasteiger partial charge < -0.3 is 20.1 Å². The van der Waals surface area contributed by atoms with Gasteiger partial charge in [0.1, 0.15) is 0 Å². The van der Waals surface area contributed by atoms with E-state index in [4.69, 9.17) is 4.74 Å². The summed E-state index contributed by atoms with van der Waals surface area (Å²) in [5, 5.41) is 5.98. The van der Waals surface area contributed by atoms with E-state index in [1.807, 2.05) is 0 Å². The molecule has 0 saturated carbocycles. The summed E-state index contributed by atoms with van der Waals surface area (Å²) < 4.78 is 60.9. The van der Waals surface area contributed by atoms with E-state index in [2.05, 4.69) is 25.1 Å². The van der Waals surface area contributed by atoms with E-state index in [-0.39, 0.29) is 48.6 Å². The highest BCUT2D eigenvalue weighted by atomic mass is 127. The van der Waals surface area contributed by atoms with Crippen molar-refractivity contribution in [3.8, 4) is 11.5 Å². The summed E-state index contributed by atoms with van der Waals surface area (Å²) in [6.45, 7) is 2.89. The van der Waals surface area contributed by atoms with Gasteiger partial charge in [-0.05, 0) is 26.8 Å². The number of aliphatic imine (C=N–C) groups is 1. The third-order valence-corrected chi connectivity index (χ3v) is 4.32. The highest BCUT2D eigenvalue weighted by Gasteiger charge is 2.22. The second kappa shape index (κ2) is 12.3. The minimum Gasteiger partial charge on any atom is -0.490 e. The molecule has 8 nitrogen and oxygen atoms in total. The molecule has 1 aromatic rings. The minimum absolute atomic E-state index is 0. The van der Waals surface area contributed by atoms with Crippen molar-refractivity contribution < 1.29 is 26.7 Å². The van der Waals surface area contributed by atoms with Crippen molar-refractivity contribution in [2.45, 2.75) is 39.5 Å². The monoisotopic (exact) mass is 550 g/mol. The quantitative estimate of drug-likeness (QED) is 0.235. The predicted octanol–water partition coefficient (Wildman–Crippen LogP) is 2.30. The first-order valence-corrected chi connectivity index (χ1v) is 10.5. The van der Waals surface area contributed by atoms with Crippen molar-refractivity contribution in [3.63, 3.8) is 0 Å². The average molecular weight is 550 g/mol. The Morgan fingerprint density at radius 2 is 1.93 bits per heavy atom. The van der Waals surface area contributed by atoms with Crippen LogP contribution in [-0.2, 0) is 16.6 Å². The molecule has 0 atom stereocenters. The van der Waals surface area contributed by atoms with Crippen molar-refractivity contribution in [3.05, 3.63) is 23.8 Å². The van der Waals surface area contributed by atoms with Gasteiger partial charge in [0.05, 0.1) is 12.9 Å². The van der Waals surface area contributed by atoms with Crippen LogP contribution in [0.25, 0.3) is 0 Å². The molecule has 0 radical (unpaired) electrons. The molecule has 0 amide bonds. The Morgan fingerprint density at radius 3 is 2.45 bits per heavy atom. The molecule has 0 spiro atoms. The van der Waals surface area contributed by atoms with E-state index in [9.17, 15) is 17.2 Å². The second-order valence-corrected chi connectivity index (χ2v) is 8.34. The molecule has 12 heteroatoms. The van der Waals surface area contributed by atoms with Crippen LogP contribution in [-0.4, -0.2) is 53.0 Å². The fourth-order valence-corrected chi connectivity index (χ4v) is 3.51. The minimum atomic E-state index is -3.37. The van der Waals surface area contributed by atoms with Crippen molar-refractivity contribution in [2.24, 2.45) is 4.99 Å². The van der Waals surface area contributed by atoms with Crippen molar-refractivity contribution in [1.29, 1.82) is 0 Å². The topological polar surface area (TPSA) is 101 Å².